The van der Waals surface area contributed by atoms with Crippen LogP contribution in [-0.2, 0) is 10.0 Å². The highest BCUT2D eigenvalue weighted by Gasteiger charge is 2.18. The minimum absolute atomic E-state index is 0.241. The monoisotopic (exact) mass is 279 g/mol. The summed E-state index contributed by atoms with van der Waals surface area (Å²) in [5, 5.41) is 0. The van der Waals surface area contributed by atoms with E-state index in [2.05, 4.69) is 4.98 Å². The molecule has 0 spiro atoms. The van der Waals surface area contributed by atoms with E-state index in [1.54, 1.807) is 24.3 Å². The first-order chi connectivity index (χ1) is 8.95. The Balaban J connectivity index is 2.39. The molecule has 19 heavy (non-hydrogen) atoms. The zero-order valence-electron chi connectivity index (χ0n) is 10.9. The minimum Gasteiger partial charge on any atom is -0.323 e. The smallest absolute Gasteiger partial charge is 0.268 e. The summed E-state index contributed by atoms with van der Waals surface area (Å²) in [6, 6.07) is 6.47. The van der Waals surface area contributed by atoms with Crippen molar-refractivity contribution in [1.29, 1.82) is 0 Å². The zero-order chi connectivity index (χ0) is 14.0. The molecule has 1 unspecified atom stereocenters. The van der Waals surface area contributed by atoms with Crippen molar-refractivity contribution in [1.82, 2.24) is 8.96 Å². The van der Waals surface area contributed by atoms with Gasteiger partial charge in [-0.15, -0.1) is 0 Å². The second-order valence-electron chi connectivity index (χ2n) is 4.46. The number of nitrogens with two attached hydrogens (primary N) is 1. The van der Waals surface area contributed by atoms with Crippen LogP contribution < -0.4 is 5.73 Å². The molecular formula is C13H17N3O2S. The third-order valence-corrected chi connectivity index (χ3v) is 4.62. The molecule has 0 amide bonds. The van der Waals surface area contributed by atoms with Gasteiger partial charge in [0.2, 0.25) is 0 Å². The Morgan fingerprint density at radius 3 is 2.53 bits per heavy atom. The third-order valence-electron chi connectivity index (χ3n) is 3.00. The van der Waals surface area contributed by atoms with Gasteiger partial charge in [0.05, 0.1) is 10.6 Å². The first kappa shape index (κ1) is 13.8. The number of imidazole rings is 1. The first-order valence-electron chi connectivity index (χ1n) is 6.07. The van der Waals surface area contributed by atoms with E-state index in [9.17, 15) is 8.42 Å². The first-order valence-corrected chi connectivity index (χ1v) is 7.51. The van der Waals surface area contributed by atoms with Crippen LogP contribution in [0.25, 0.3) is 0 Å². The van der Waals surface area contributed by atoms with Crippen LogP contribution in [-0.4, -0.2) is 17.4 Å². The number of aromatic nitrogens is 2. The van der Waals surface area contributed by atoms with Crippen LogP contribution in [0.2, 0.25) is 0 Å². The summed E-state index contributed by atoms with van der Waals surface area (Å²) in [4.78, 5) is 4.30. The SMILES string of the molecule is CCC(N)c1cn(S(=O)(=O)c2ccc(C)cc2)cn1. The largest absolute Gasteiger partial charge is 0.323 e. The van der Waals surface area contributed by atoms with Gasteiger partial charge in [-0.3, -0.25) is 0 Å². The third kappa shape index (κ3) is 2.69. The number of hydrogen-bond donors (Lipinski definition) is 1. The lowest BCUT2D eigenvalue weighted by Crippen LogP contribution is -2.12. The highest BCUT2D eigenvalue weighted by Crippen LogP contribution is 2.17. The predicted molar refractivity (Wildman–Crippen MR) is 73.2 cm³/mol. The van der Waals surface area contributed by atoms with Gasteiger partial charge in [-0.1, -0.05) is 24.6 Å². The van der Waals surface area contributed by atoms with Crippen molar-refractivity contribution in [3.63, 3.8) is 0 Å². The molecule has 0 radical (unpaired) electrons. The lowest BCUT2D eigenvalue weighted by molar-refractivity contribution is 0.587. The summed E-state index contributed by atoms with van der Waals surface area (Å²) < 4.78 is 25.8. The Morgan fingerprint density at radius 2 is 1.95 bits per heavy atom. The summed E-state index contributed by atoms with van der Waals surface area (Å²) in [5.41, 5.74) is 7.43. The van der Waals surface area contributed by atoms with Crippen LogP contribution in [0.3, 0.4) is 0 Å². The minimum atomic E-state index is -3.58. The average molecular weight is 279 g/mol. The quantitative estimate of drug-likeness (QED) is 0.926. The number of hydrogen-bond acceptors (Lipinski definition) is 4. The highest BCUT2D eigenvalue weighted by molar-refractivity contribution is 7.90. The Morgan fingerprint density at radius 1 is 1.32 bits per heavy atom. The number of nitrogens with zero attached hydrogens (tertiary/aromatic N) is 2. The van der Waals surface area contributed by atoms with Crippen LogP contribution in [0.5, 0.6) is 0 Å². The fourth-order valence-electron chi connectivity index (χ4n) is 1.68. The molecule has 2 aromatic rings. The van der Waals surface area contributed by atoms with Gasteiger partial charge in [-0.25, -0.2) is 17.4 Å². The van der Waals surface area contributed by atoms with E-state index >= 15 is 0 Å². The Bertz CT molecular complexity index is 659. The average Bonchev–Trinajstić information content (AvgIpc) is 2.88. The standard InChI is InChI=1S/C13H17N3O2S/c1-3-12(14)13-8-16(9-15-13)19(17,18)11-6-4-10(2)5-7-11/h4-9,12H,3,14H2,1-2H3. The lowest BCUT2D eigenvalue weighted by atomic mass is 10.2. The van der Waals surface area contributed by atoms with Crippen LogP contribution >= 0.6 is 0 Å². The van der Waals surface area contributed by atoms with E-state index in [0.717, 1.165) is 9.54 Å². The van der Waals surface area contributed by atoms with Gasteiger partial charge in [0.25, 0.3) is 10.0 Å². The maximum atomic E-state index is 12.4. The lowest BCUT2D eigenvalue weighted by Gasteiger charge is -2.06. The van der Waals surface area contributed by atoms with Crippen LogP contribution in [0.4, 0.5) is 0 Å². The molecule has 1 atom stereocenters. The predicted octanol–water partition coefficient (Wildman–Crippen LogP) is 1.84. The number of aryl methyl sites for hydroxylation is 1. The molecule has 1 aromatic heterocycles. The molecule has 1 heterocycles. The fourth-order valence-corrected chi connectivity index (χ4v) is 2.83. The molecule has 0 saturated carbocycles. The molecule has 0 bridgehead atoms. The fraction of sp³-hybridized carbons (Fsp3) is 0.308. The van der Waals surface area contributed by atoms with Crippen molar-refractivity contribution in [2.24, 2.45) is 5.73 Å². The van der Waals surface area contributed by atoms with Crippen LogP contribution in [0.1, 0.15) is 30.6 Å². The maximum Gasteiger partial charge on any atom is 0.268 e. The van der Waals surface area contributed by atoms with E-state index in [1.807, 2.05) is 13.8 Å². The summed E-state index contributed by atoms with van der Waals surface area (Å²) >= 11 is 0. The second-order valence-corrected chi connectivity index (χ2v) is 6.30. The summed E-state index contributed by atoms with van der Waals surface area (Å²) in [7, 11) is -3.58. The molecule has 5 nitrogen and oxygen atoms in total. The van der Waals surface area contributed by atoms with E-state index in [4.69, 9.17) is 5.73 Å². The van der Waals surface area contributed by atoms with E-state index in [-0.39, 0.29) is 10.9 Å². The van der Waals surface area contributed by atoms with Gasteiger partial charge in [-0.05, 0) is 25.5 Å². The van der Waals surface area contributed by atoms with Crippen LogP contribution in [0, 0.1) is 6.92 Å². The number of rotatable bonds is 4. The Hall–Kier alpha value is -1.66. The van der Waals surface area contributed by atoms with Gasteiger partial charge >= 0.3 is 0 Å². The summed E-state index contributed by atoms with van der Waals surface area (Å²) in [6.07, 6.45) is 3.48. The summed E-state index contributed by atoms with van der Waals surface area (Å²) in [6.45, 7) is 3.84. The van der Waals surface area contributed by atoms with Crippen molar-refractivity contribution in [2.75, 3.05) is 0 Å². The maximum absolute atomic E-state index is 12.4. The van der Waals surface area contributed by atoms with Gasteiger partial charge in [0, 0.05) is 12.2 Å². The summed E-state index contributed by atoms with van der Waals surface area (Å²) in [5.74, 6) is 0. The second kappa shape index (κ2) is 5.14. The molecule has 0 aliphatic rings. The molecule has 102 valence electrons. The molecule has 0 fully saturated rings. The molecule has 0 saturated heterocycles. The van der Waals surface area contributed by atoms with Gasteiger partial charge in [-0.2, -0.15) is 0 Å². The van der Waals surface area contributed by atoms with Gasteiger partial charge in [0.1, 0.15) is 6.33 Å². The van der Waals surface area contributed by atoms with Gasteiger partial charge < -0.3 is 5.73 Å². The van der Waals surface area contributed by atoms with Crippen molar-refractivity contribution < 1.29 is 8.42 Å². The molecule has 0 aliphatic heterocycles. The zero-order valence-corrected chi connectivity index (χ0v) is 11.8. The molecule has 2 N–H and O–H groups in total. The van der Waals surface area contributed by atoms with E-state index < -0.39 is 10.0 Å². The van der Waals surface area contributed by atoms with Crippen molar-refractivity contribution in [2.45, 2.75) is 31.2 Å². The Kier molecular flexibility index (Phi) is 3.73. The van der Waals surface area contributed by atoms with Gasteiger partial charge in [0.15, 0.2) is 0 Å². The van der Waals surface area contributed by atoms with Crippen molar-refractivity contribution >= 4 is 10.0 Å². The Labute approximate surface area is 113 Å². The molecule has 0 aliphatic carbocycles. The van der Waals surface area contributed by atoms with E-state index in [0.29, 0.717) is 12.1 Å². The van der Waals surface area contributed by atoms with Crippen molar-refractivity contribution in [3.8, 4) is 0 Å². The highest BCUT2D eigenvalue weighted by atomic mass is 32.2. The topological polar surface area (TPSA) is 78.0 Å². The van der Waals surface area contributed by atoms with Crippen LogP contribution in [0.15, 0.2) is 41.7 Å². The van der Waals surface area contributed by atoms with Crippen molar-refractivity contribution in [3.05, 3.63) is 48.0 Å². The molecule has 1 aromatic carbocycles. The molecule has 2 rings (SSSR count). The van der Waals surface area contributed by atoms with E-state index in [1.165, 1.54) is 12.5 Å². The number of benzene rings is 1. The molecular weight excluding hydrogens is 262 g/mol. The molecule has 6 heteroatoms. The normalized spacial score (nSPS) is 13.4.